The van der Waals surface area contributed by atoms with E-state index in [0.29, 0.717) is 29.8 Å². The van der Waals surface area contributed by atoms with Gasteiger partial charge in [-0.15, -0.1) is 0 Å². The maximum Gasteiger partial charge on any atom is 0.412 e. The molecule has 2 amide bonds. The van der Waals surface area contributed by atoms with Crippen molar-refractivity contribution < 1.29 is 14.3 Å². The van der Waals surface area contributed by atoms with Gasteiger partial charge in [-0.2, -0.15) is 0 Å². The fourth-order valence-electron chi connectivity index (χ4n) is 1.60. The van der Waals surface area contributed by atoms with Crippen LogP contribution < -0.4 is 15.4 Å². The molecule has 0 saturated heterocycles. The summed E-state index contributed by atoms with van der Waals surface area (Å²) in [4.78, 5) is 23.2. The first kappa shape index (κ1) is 17.8. The molecule has 2 N–H and O–H groups in total. The van der Waals surface area contributed by atoms with Crippen LogP contribution in [-0.4, -0.2) is 18.5 Å². The number of amides is 2. The number of carbonyl (C=O) groups excluding carboxylic acids is 2. The van der Waals surface area contributed by atoms with Crippen molar-refractivity contribution >= 4 is 17.7 Å². The van der Waals surface area contributed by atoms with E-state index in [2.05, 4.69) is 31.4 Å². The third-order valence-electron chi connectivity index (χ3n) is 3.34. The van der Waals surface area contributed by atoms with Crippen LogP contribution in [0.15, 0.2) is 36.4 Å². The molecule has 1 aromatic carbocycles. The normalized spacial score (nSPS) is 12.2. The number of carbonyl (C=O) groups is 2. The number of anilines is 1. The van der Waals surface area contributed by atoms with Gasteiger partial charge in [-0.1, -0.05) is 32.9 Å². The molecule has 0 bridgehead atoms. The second kappa shape index (κ2) is 8.87. The van der Waals surface area contributed by atoms with Crippen molar-refractivity contribution in [2.45, 2.75) is 27.7 Å². The van der Waals surface area contributed by atoms with Crippen LogP contribution in [0, 0.1) is 11.8 Å². The highest BCUT2D eigenvalue weighted by atomic mass is 16.6. The average Bonchev–Trinajstić information content (AvgIpc) is 2.45. The van der Waals surface area contributed by atoms with E-state index >= 15 is 0 Å². The summed E-state index contributed by atoms with van der Waals surface area (Å²) in [6.07, 6.45) is 2.58. The van der Waals surface area contributed by atoms with E-state index in [-0.39, 0.29) is 5.91 Å². The molecule has 22 heavy (non-hydrogen) atoms. The van der Waals surface area contributed by atoms with E-state index < -0.39 is 6.09 Å². The molecule has 0 aliphatic carbocycles. The zero-order valence-corrected chi connectivity index (χ0v) is 13.6. The molecule has 0 aliphatic rings. The molecule has 0 fully saturated rings. The van der Waals surface area contributed by atoms with Gasteiger partial charge in [-0.25, -0.2) is 4.79 Å². The first-order valence-corrected chi connectivity index (χ1v) is 7.41. The van der Waals surface area contributed by atoms with Gasteiger partial charge in [0, 0.05) is 18.3 Å². The Bertz CT molecular complexity index is 538. The zero-order valence-electron chi connectivity index (χ0n) is 13.6. The minimum absolute atomic E-state index is 0.227. The second-order valence-corrected chi connectivity index (χ2v) is 5.51. The van der Waals surface area contributed by atoms with Gasteiger partial charge >= 0.3 is 6.09 Å². The number of ether oxygens (including phenoxy) is 1. The fourth-order valence-corrected chi connectivity index (χ4v) is 1.60. The Kier molecular flexibility index (Phi) is 7.16. The molecule has 1 atom stereocenters. The lowest BCUT2D eigenvalue weighted by Gasteiger charge is -2.16. The quantitative estimate of drug-likeness (QED) is 0.789. The molecular formula is C17H24N2O3. The number of nitrogens with one attached hydrogen (secondary N) is 2. The lowest BCUT2D eigenvalue weighted by atomic mass is 9.98. The predicted octanol–water partition coefficient (Wildman–Crippen LogP) is 3.58. The van der Waals surface area contributed by atoms with Crippen molar-refractivity contribution in [2.24, 2.45) is 11.8 Å². The first-order chi connectivity index (χ1) is 10.4. The van der Waals surface area contributed by atoms with Gasteiger partial charge in [0.1, 0.15) is 5.75 Å². The molecule has 1 aromatic rings. The van der Waals surface area contributed by atoms with Gasteiger partial charge in [-0.3, -0.25) is 4.79 Å². The molecule has 120 valence electrons. The van der Waals surface area contributed by atoms with Crippen molar-refractivity contribution in [1.29, 1.82) is 0 Å². The third kappa shape index (κ3) is 6.43. The highest BCUT2D eigenvalue weighted by Gasteiger charge is 2.10. The van der Waals surface area contributed by atoms with Gasteiger partial charge in [-0.05, 0) is 37.0 Å². The van der Waals surface area contributed by atoms with Crippen molar-refractivity contribution in [3.05, 3.63) is 36.4 Å². The summed E-state index contributed by atoms with van der Waals surface area (Å²) in [6, 6.07) is 6.71. The van der Waals surface area contributed by atoms with Gasteiger partial charge in [0.15, 0.2) is 0 Å². The van der Waals surface area contributed by atoms with E-state index in [0.717, 1.165) is 0 Å². The number of allylic oxidation sites excluding steroid dienone is 1. The summed E-state index contributed by atoms with van der Waals surface area (Å²) in [6.45, 7) is 8.61. The smallest absolute Gasteiger partial charge is 0.410 e. The molecule has 0 aromatic heterocycles. The maximum atomic E-state index is 11.7. The second-order valence-electron chi connectivity index (χ2n) is 5.51. The number of hydrogen-bond acceptors (Lipinski definition) is 3. The molecule has 1 rings (SSSR count). The SMILES string of the molecule is C/C=C/C(=O)Nc1cccc(OC(=O)NCC(C)C(C)C)c1. The molecule has 5 nitrogen and oxygen atoms in total. The van der Waals surface area contributed by atoms with Crippen LogP contribution in [0.3, 0.4) is 0 Å². The van der Waals surface area contributed by atoms with Crippen molar-refractivity contribution in [3.8, 4) is 5.75 Å². The van der Waals surface area contributed by atoms with Gasteiger partial charge in [0.05, 0.1) is 0 Å². The molecule has 1 unspecified atom stereocenters. The van der Waals surface area contributed by atoms with Crippen LogP contribution in [0.1, 0.15) is 27.7 Å². The molecule has 5 heteroatoms. The van der Waals surface area contributed by atoms with Crippen LogP contribution in [-0.2, 0) is 4.79 Å². The standard InChI is InChI=1S/C17H24N2O3/c1-5-7-16(20)19-14-8-6-9-15(10-14)22-17(21)18-11-13(4)12(2)3/h5-10,12-13H,11H2,1-4H3,(H,18,21)(H,19,20)/b7-5+. The van der Waals surface area contributed by atoms with Gasteiger partial charge < -0.3 is 15.4 Å². The molecule has 0 heterocycles. The summed E-state index contributed by atoms with van der Waals surface area (Å²) in [5, 5.41) is 5.42. The van der Waals surface area contributed by atoms with Crippen molar-refractivity contribution in [3.63, 3.8) is 0 Å². The number of hydrogen-bond donors (Lipinski definition) is 2. The van der Waals surface area contributed by atoms with Crippen molar-refractivity contribution in [1.82, 2.24) is 5.32 Å². The van der Waals surface area contributed by atoms with Crippen LogP contribution in [0.25, 0.3) is 0 Å². The molecule has 0 spiro atoms. The summed E-state index contributed by atoms with van der Waals surface area (Å²) in [5.74, 6) is 1.02. The Labute approximate surface area is 131 Å². The Morgan fingerprint density at radius 3 is 2.64 bits per heavy atom. The molecular weight excluding hydrogens is 280 g/mol. The largest absolute Gasteiger partial charge is 0.412 e. The summed E-state index contributed by atoms with van der Waals surface area (Å²) in [5.41, 5.74) is 0.573. The topological polar surface area (TPSA) is 67.4 Å². The minimum Gasteiger partial charge on any atom is -0.410 e. The van der Waals surface area contributed by atoms with E-state index in [9.17, 15) is 9.59 Å². The molecule has 0 radical (unpaired) electrons. The average molecular weight is 304 g/mol. The highest BCUT2D eigenvalue weighted by molar-refractivity contribution is 5.99. The zero-order chi connectivity index (χ0) is 16.5. The van der Waals surface area contributed by atoms with E-state index in [4.69, 9.17) is 4.74 Å². The van der Waals surface area contributed by atoms with E-state index in [1.807, 2.05) is 0 Å². The Morgan fingerprint density at radius 1 is 1.27 bits per heavy atom. The van der Waals surface area contributed by atoms with E-state index in [1.165, 1.54) is 6.08 Å². The predicted molar refractivity (Wildman–Crippen MR) is 87.9 cm³/mol. The molecule has 0 aliphatic heterocycles. The lowest BCUT2D eigenvalue weighted by molar-refractivity contribution is -0.111. The summed E-state index contributed by atoms with van der Waals surface area (Å²) in [7, 11) is 0. The highest BCUT2D eigenvalue weighted by Crippen LogP contribution is 2.17. The monoisotopic (exact) mass is 304 g/mol. The number of rotatable bonds is 6. The van der Waals surface area contributed by atoms with E-state index in [1.54, 1.807) is 37.3 Å². The fraction of sp³-hybridized carbons (Fsp3) is 0.412. The lowest BCUT2D eigenvalue weighted by Crippen LogP contribution is -2.32. The first-order valence-electron chi connectivity index (χ1n) is 7.41. The van der Waals surface area contributed by atoms with Crippen LogP contribution in [0.5, 0.6) is 5.75 Å². The van der Waals surface area contributed by atoms with Crippen LogP contribution in [0.2, 0.25) is 0 Å². The van der Waals surface area contributed by atoms with Gasteiger partial charge in [0.2, 0.25) is 5.91 Å². The Hall–Kier alpha value is -2.30. The molecule has 0 saturated carbocycles. The van der Waals surface area contributed by atoms with Crippen LogP contribution in [0.4, 0.5) is 10.5 Å². The third-order valence-corrected chi connectivity index (χ3v) is 3.34. The number of benzene rings is 1. The van der Waals surface area contributed by atoms with Gasteiger partial charge in [0.25, 0.3) is 0 Å². The maximum absolute atomic E-state index is 11.7. The van der Waals surface area contributed by atoms with Crippen LogP contribution >= 0.6 is 0 Å². The van der Waals surface area contributed by atoms with Crippen molar-refractivity contribution in [2.75, 3.05) is 11.9 Å². The minimum atomic E-state index is -0.496. The Morgan fingerprint density at radius 2 is 2.00 bits per heavy atom. The summed E-state index contributed by atoms with van der Waals surface area (Å²) < 4.78 is 5.21. The Balaban J connectivity index is 2.55. The summed E-state index contributed by atoms with van der Waals surface area (Å²) >= 11 is 0.